The van der Waals surface area contributed by atoms with Crippen molar-refractivity contribution in [3.05, 3.63) is 52.4 Å². The first-order valence-corrected chi connectivity index (χ1v) is 12.1. The van der Waals surface area contributed by atoms with Gasteiger partial charge >= 0.3 is 6.18 Å². The number of aromatic nitrogens is 3. The summed E-state index contributed by atoms with van der Waals surface area (Å²) in [4.78, 5) is 16.6. The molecule has 35 heavy (non-hydrogen) atoms. The van der Waals surface area contributed by atoms with E-state index in [9.17, 15) is 18.0 Å². The summed E-state index contributed by atoms with van der Waals surface area (Å²) >= 11 is 6.09. The minimum atomic E-state index is -4.55. The first kappa shape index (κ1) is 25.3. The number of pyridine rings is 1. The summed E-state index contributed by atoms with van der Waals surface area (Å²) in [5.74, 6) is 0.292. The van der Waals surface area contributed by atoms with Crippen molar-refractivity contribution in [3.63, 3.8) is 0 Å². The fourth-order valence-corrected chi connectivity index (χ4v) is 4.75. The number of nitrogens with zero attached hydrogens (tertiary/aromatic N) is 3. The maximum atomic E-state index is 13.4. The molecule has 10 heteroatoms. The predicted molar refractivity (Wildman–Crippen MR) is 131 cm³/mol. The highest BCUT2D eigenvalue weighted by molar-refractivity contribution is 6.31. The average molecular weight is 508 g/mol. The van der Waals surface area contributed by atoms with Gasteiger partial charge in [-0.25, -0.2) is 4.98 Å². The summed E-state index contributed by atoms with van der Waals surface area (Å²) in [7, 11) is 1.76. The molecule has 0 radical (unpaired) electrons. The highest BCUT2D eigenvalue weighted by atomic mass is 35.5. The number of anilines is 1. The second-order valence-corrected chi connectivity index (χ2v) is 10.1. The molecule has 0 atom stereocenters. The van der Waals surface area contributed by atoms with Crippen LogP contribution >= 0.6 is 11.6 Å². The van der Waals surface area contributed by atoms with Crippen LogP contribution in [0.1, 0.15) is 61.4 Å². The van der Waals surface area contributed by atoms with Crippen LogP contribution in [0.25, 0.3) is 10.9 Å². The van der Waals surface area contributed by atoms with Crippen LogP contribution in [0, 0.1) is 5.92 Å². The van der Waals surface area contributed by atoms with Crippen LogP contribution in [0.2, 0.25) is 5.02 Å². The Morgan fingerprint density at radius 3 is 2.49 bits per heavy atom. The number of hydrogen-bond acceptors (Lipinski definition) is 4. The molecule has 2 aromatic heterocycles. The molecule has 1 aromatic carbocycles. The molecule has 0 saturated heterocycles. The molecular weight excluding hydrogens is 479 g/mol. The lowest BCUT2D eigenvalue weighted by atomic mass is 9.90. The van der Waals surface area contributed by atoms with Crippen LogP contribution in [0.5, 0.6) is 0 Å². The van der Waals surface area contributed by atoms with Gasteiger partial charge in [0.2, 0.25) is 0 Å². The molecule has 1 aliphatic rings. The van der Waals surface area contributed by atoms with Gasteiger partial charge in [-0.2, -0.15) is 18.3 Å². The number of alkyl halides is 3. The molecule has 1 saturated carbocycles. The minimum Gasteiger partial charge on any atom is -0.382 e. The Labute approximate surface area is 207 Å². The van der Waals surface area contributed by atoms with E-state index in [4.69, 9.17) is 11.6 Å². The smallest absolute Gasteiger partial charge is 0.382 e. The fraction of sp³-hybridized carbons (Fsp3) is 0.480. The third-order valence-electron chi connectivity index (χ3n) is 6.26. The van der Waals surface area contributed by atoms with E-state index in [1.54, 1.807) is 17.8 Å². The molecule has 1 aliphatic carbocycles. The topological polar surface area (TPSA) is 71.8 Å². The van der Waals surface area contributed by atoms with Crippen molar-refractivity contribution >= 4 is 34.1 Å². The zero-order valence-electron chi connectivity index (χ0n) is 19.9. The van der Waals surface area contributed by atoms with Crippen LogP contribution in [0.3, 0.4) is 0 Å². The zero-order valence-corrected chi connectivity index (χ0v) is 20.7. The third kappa shape index (κ3) is 6.07. The maximum Gasteiger partial charge on any atom is 0.433 e. The first-order chi connectivity index (χ1) is 16.5. The Morgan fingerprint density at radius 2 is 1.83 bits per heavy atom. The zero-order chi connectivity index (χ0) is 25.3. The summed E-state index contributed by atoms with van der Waals surface area (Å²) in [5.41, 5.74) is 1.08. The van der Waals surface area contributed by atoms with Crippen molar-refractivity contribution in [2.24, 2.45) is 13.0 Å². The van der Waals surface area contributed by atoms with Gasteiger partial charge in [-0.1, -0.05) is 25.4 Å². The first-order valence-electron chi connectivity index (χ1n) is 11.8. The minimum absolute atomic E-state index is 0.00152. The second-order valence-electron chi connectivity index (χ2n) is 9.62. The van der Waals surface area contributed by atoms with Crippen molar-refractivity contribution in [2.75, 3.05) is 5.32 Å². The number of amides is 1. The number of carbonyl (C=O) groups excluding carboxylic acids is 1. The number of hydrogen-bond donors (Lipinski definition) is 2. The van der Waals surface area contributed by atoms with E-state index in [2.05, 4.69) is 34.6 Å². The van der Waals surface area contributed by atoms with Gasteiger partial charge in [-0.15, -0.1) is 0 Å². The van der Waals surface area contributed by atoms with Crippen molar-refractivity contribution in [2.45, 2.75) is 64.2 Å². The molecule has 1 fully saturated rings. The molecule has 188 valence electrons. The van der Waals surface area contributed by atoms with Gasteiger partial charge in [0.25, 0.3) is 5.91 Å². The molecule has 0 unspecified atom stereocenters. The summed E-state index contributed by atoms with van der Waals surface area (Å²) in [6.07, 6.45) is -0.886. The monoisotopic (exact) mass is 507 g/mol. The summed E-state index contributed by atoms with van der Waals surface area (Å²) in [6.45, 7) is 4.21. The maximum absolute atomic E-state index is 13.4. The Kier molecular flexibility index (Phi) is 7.26. The number of fused-ring (bicyclic) bond motifs is 1. The van der Waals surface area contributed by atoms with Crippen LogP contribution in [0.15, 0.2) is 30.3 Å². The lowest BCUT2D eigenvalue weighted by molar-refractivity contribution is -0.140. The Morgan fingerprint density at radius 1 is 1.14 bits per heavy atom. The van der Waals surface area contributed by atoms with Crippen molar-refractivity contribution in [1.29, 1.82) is 0 Å². The molecular formula is C25H29ClF3N5O. The molecule has 0 bridgehead atoms. The number of carbonyl (C=O) groups is 1. The Balaban J connectivity index is 1.41. The highest BCUT2D eigenvalue weighted by Gasteiger charge is 2.34. The highest BCUT2D eigenvalue weighted by Crippen LogP contribution is 2.35. The largest absolute Gasteiger partial charge is 0.433 e. The van der Waals surface area contributed by atoms with Gasteiger partial charge in [0.1, 0.15) is 11.4 Å². The number of aryl methyl sites for hydroxylation is 1. The molecule has 1 amide bonds. The van der Waals surface area contributed by atoms with Crippen molar-refractivity contribution < 1.29 is 18.0 Å². The van der Waals surface area contributed by atoms with Gasteiger partial charge in [-0.3, -0.25) is 9.48 Å². The molecule has 6 nitrogen and oxygen atoms in total. The number of nitrogens with one attached hydrogen (secondary N) is 2. The predicted octanol–water partition coefficient (Wildman–Crippen LogP) is 5.99. The quantitative estimate of drug-likeness (QED) is 0.430. The third-order valence-corrected chi connectivity index (χ3v) is 6.50. The fourth-order valence-electron chi connectivity index (χ4n) is 4.58. The summed E-state index contributed by atoms with van der Waals surface area (Å²) < 4.78 is 41.8. The van der Waals surface area contributed by atoms with E-state index in [0.717, 1.165) is 31.0 Å². The molecule has 0 spiro atoms. The van der Waals surface area contributed by atoms with E-state index in [-0.39, 0.29) is 23.5 Å². The van der Waals surface area contributed by atoms with Gasteiger partial charge in [-0.05, 0) is 68.4 Å². The van der Waals surface area contributed by atoms with Gasteiger partial charge in [0.15, 0.2) is 0 Å². The molecule has 3 aromatic rings. The molecule has 2 N–H and O–H groups in total. The average Bonchev–Trinajstić information content (AvgIpc) is 3.14. The van der Waals surface area contributed by atoms with Crippen LogP contribution in [-0.2, 0) is 19.6 Å². The van der Waals surface area contributed by atoms with Crippen molar-refractivity contribution in [3.8, 4) is 0 Å². The van der Waals surface area contributed by atoms with Crippen LogP contribution in [0.4, 0.5) is 18.9 Å². The van der Waals surface area contributed by atoms with Gasteiger partial charge in [0, 0.05) is 35.2 Å². The van der Waals surface area contributed by atoms with Gasteiger partial charge < -0.3 is 10.6 Å². The van der Waals surface area contributed by atoms with E-state index < -0.39 is 11.9 Å². The van der Waals surface area contributed by atoms with Crippen LogP contribution < -0.4 is 10.6 Å². The standard InChI is InChI=1S/C25H29ClF3N5O/c1-14(2)10-18-12-22(34(3)33-18)24(35)31-17-7-5-16(6-8-17)30-21-13-23(25(27,28)29)32-20-9-4-15(26)11-19(20)21/h4,9,11-14,16-17H,5-8,10H2,1-3H3,(H,30,32)(H,31,35). The number of rotatable bonds is 6. The molecule has 2 heterocycles. The lowest BCUT2D eigenvalue weighted by Gasteiger charge is -2.30. The van der Waals surface area contributed by atoms with E-state index in [0.29, 0.717) is 40.5 Å². The van der Waals surface area contributed by atoms with Gasteiger partial charge in [0.05, 0.1) is 11.2 Å². The van der Waals surface area contributed by atoms with E-state index in [1.807, 2.05) is 6.07 Å². The van der Waals surface area contributed by atoms with E-state index >= 15 is 0 Å². The molecule has 4 rings (SSSR count). The number of benzene rings is 1. The number of halogens is 4. The summed E-state index contributed by atoms with van der Waals surface area (Å²) in [6, 6.07) is 7.50. The normalized spacial score (nSPS) is 18.7. The lowest BCUT2D eigenvalue weighted by Crippen LogP contribution is -2.40. The van der Waals surface area contributed by atoms with E-state index in [1.165, 1.54) is 12.1 Å². The summed E-state index contributed by atoms with van der Waals surface area (Å²) in [5, 5.41) is 11.8. The molecule has 0 aliphatic heterocycles. The SMILES string of the molecule is CC(C)Cc1cc(C(=O)NC2CCC(Nc3cc(C(F)(F)F)nc4ccc(Cl)cc34)CC2)n(C)n1. The Bertz CT molecular complexity index is 1220. The van der Waals surface area contributed by atoms with Crippen LogP contribution in [-0.4, -0.2) is 32.8 Å². The van der Waals surface area contributed by atoms with Crippen molar-refractivity contribution in [1.82, 2.24) is 20.1 Å². The Hall–Kier alpha value is -2.81. The second kappa shape index (κ2) is 10.0.